The van der Waals surface area contributed by atoms with Crippen LogP contribution in [0.4, 0.5) is 17.5 Å². The van der Waals surface area contributed by atoms with Crippen molar-refractivity contribution in [3.8, 4) is 0 Å². The standard InChI is InChI=1S/C20H21N7S/c1-12-2-3-15(11-21-9-12)24-20-25-17-6-7-28-18(17)19(26-20)23-14-4-5-16-13(8-14)10-22-27-16/h4-8,10,12,21H,2-3,9,11H2,1H3,(H,22,27)(H,23,25,26). The van der Waals surface area contributed by atoms with Crippen LogP contribution in [0.15, 0.2) is 40.8 Å². The van der Waals surface area contributed by atoms with Gasteiger partial charge in [0.2, 0.25) is 0 Å². The van der Waals surface area contributed by atoms with E-state index in [0.717, 1.165) is 64.3 Å². The molecule has 5 rings (SSSR count). The lowest BCUT2D eigenvalue weighted by molar-refractivity contribution is 0.527. The van der Waals surface area contributed by atoms with Gasteiger partial charge in [-0.05, 0) is 54.9 Å². The molecule has 0 spiro atoms. The Balaban J connectivity index is 1.50. The number of fused-ring (bicyclic) bond motifs is 2. The second-order valence-corrected chi connectivity index (χ2v) is 8.17. The molecule has 1 aromatic carbocycles. The topological polar surface area (TPSA) is 90.9 Å². The zero-order chi connectivity index (χ0) is 18.9. The number of aromatic nitrogens is 4. The molecule has 1 aliphatic rings. The van der Waals surface area contributed by atoms with Crippen LogP contribution in [0.2, 0.25) is 0 Å². The smallest absolute Gasteiger partial charge is 0.251 e. The van der Waals surface area contributed by atoms with Crippen molar-refractivity contribution in [2.24, 2.45) is 10.9 Å². The summed E-state index contributed by atoms with van der Waals surface area (Å²) in [7, 11) is 0. The summed E-state index contributed by atoms with van der Waals surface area (Å²) in [6, 6.07) is 8.10. The highest BCUT2D eigenvalue weighted by Gasteiger charge is 2.14. The molecule has 0 aliphatic carbocycles. The third-order valence-corrected chi connectivity index (χ3v) is 5.91. The number of aromatic amines is 1. The van der Waals surface area contributed by atoms with E-state index in [9.17, 15) is 0 Å². The number of H-pyrrole nitrogens is 1. The fraction of sp³-hybridized carbons (Fsp3) is 0.300. The first-order valence-corrected chi connectivity index (χ1v) is 10.3. The normalized spacial score (nSPS) is 19.3. The van der Waals surface area contributed by atoms with Crippen molar-refractivity contribution in [3.63, 3.8) is 0 Å². The molecule has 142 valence electrons. The van der Waals surface area contributed by atoms with Crippen molar-refractivity contribution in [2.75, 3.05) is 18.4 Å². The number of aliphatic imine (C=N–C) groups is 1. The Hall–Kier alpha value is -2.84. The maximum absolute atomic E-state index is 4.77. The molecule has 4 aromatic rings. The monoisotopic (exact) mass is 391 g/mol. The quantitative estimate of drug-likeness (QED) is 0.481. The van der Waals surface area contributed by atoms with Gasteiger partial charge in [0.15, 0.2) is 5.82 Å². The first-order chi connectivity index (χ1) is 13.7. The van der Waals surface area contributed by atoms with Crippen molar-refractivity contribution in [1.82, 2.24) is 25.5 Å². The van der Waals surface area contributed by atoms with Crippen LogP contribution in [0.5, 0.6) is 0 Å². The van der Waals surface area contributed by atoms with Gasteiger partial charge in [-0.3, -0.25) is 5.10 Å². The average Bonchev–Trinajstić information content (AvgIpc) is 3.30. The van der Waals surface area contributed by atoms with E-state index in [1.165, 1.54) is 0 Å². The number of hydrogen-bond donors (Lipinski definition) is 3. The Bertz CT molecular complexity index is 1160. The minimum Gasteiger partial charge on any atom is -0.339 e. The third kappa shape index (κ3) is 3.48. The SMILES string of the molecule is CC1CCC(=Nc2nc(Nc3ccc4[nH]ncc4c3)c3sccc3n2)CNC1. The molecule has 3 aromatic heterocycles. The van der Waals surface area contributed by atoms with Gasteiger partial charge in [0.1, 0.15) is 0 Å². The molecule has 0 radical (unpaired) electrons. The van der Waals surface area contributed by atoms with Crippen molar-refractivity contribution in [3.05, 3.63) is 35.8 Å². The predicted molar refractivity (Wildman–Crippen MR) is 115 cm³/mol. The van der Waals surface area contributed by atoms with Gasteiger partial charge in [-0.25, -0.2) is 9.98 Å². The van der Waals surface area contributed by atoms with Crippen LogP contribution in [-0.4, -0.2) is 39.0 Å². The number of nitrogens with zero attached hydrogens (tertiary/aromatic N) is 4. The van der Waals surface area contributed by atoms with E-state index in [1.54, 1.807) is 11.3 Å². The largest absolute Gasteiger partial charge is 0.339 e. The van der Waals surface area contributed by atoms with E-state index in [0.29, 0.717) is 11.9 Å². The number of rotatable bonds is 3. The molecule has 3 N–H and O–H groups in total. The molecule has 1 atom stereocenters. The Morgan fingerprint density at radius 2 is 2.21 bits per heavy atom. The lowest BCUT2D eigenvalue weighted by Crippen LogP contribution is -2.22. The highest BCUT2D eigenvalue weighted by molar-refractivity contribution is 7.17. The van der Waals surface area contributed by atoms with Gasteiger partial charge >= 0.3 is 0 Å². The molecule has 4 heterocycles. The molecular weight excluding hydrogens is 370 g/mol. The van der Waals surface area contributed by atoms with Crippen LogP contribution < -0.4 is 10.6 Å². The van der Waals surface area contributed by atoms with E-state index in [1.807, 2.05) is 29.8 Å². The molecule has 7 nitrogen and oxygen atoms in total. The van der Waals surface area contributed by atoms with Crippen molar-refractivity contribution in [2.45, 2.75) is 19.8 Å². The minimum absolute atomic E-state index is 0.518. The number of anilines is 2. The summed E-state index contributed by atoms with van der Waals surface area (Å²) in [6.45, 7) is 4.10. The lowest BCUT2D eigenvalue weighted by Gasteiger charge is -2.08. The van der Waals surface area contributed by atoms with Gasteiger partial charge in [0.05, 0.1) is 21.9 Å². The Kier molecular flexibility index (Phi) is 4.50. The number of thiophene rings is 1. The Morgan fingerprint density at radius 1 is 1.25 bits per heavy atom. The number of hydrogen-bond acceptors (Lipinski definition) is 7. The second-order valence-electron chi connectivity index (χ2n) is 7.26. The van der Waals surface area contributed by atoms with Crippen LogP contribution >= 0.6 is 11.3 Å². The maximum atomic E-state index is 4.77. The first kappa shape index (κ1) is 17.3. The zero-order valence-corrected chi connectivity index (χ0v) is 16.4. The van der Waals surface area contributed by atoms with Crippen LogP contribution in [0.25, 0.3) is 21.1 Å². The maximum Gasteiger partial charge on any atom is 0.251 e. The van der Waals surface area contributed by atoms with Gasteiger partial charge in [-0.1, -0.05) is 6.92 Å². The van der Waals surface area contributed by atoms with E-state index < -0.39 is 0 Å². The molecule has 0 amide bonds. The van der Waals surface area contributed by atoms with Gasteiger partial charge in [-0.2, -0.15) is 10.1 Å². The van der Waals surface area contributed by atoms with E-state index >= 15 is 0 Å². The third-order valence-electron chi connectivity index (χ3n) is 5.00. The summed E-state index contributed by atoms with van der Waals surface area (Å²) in [5, 5.41) is 17.1. The fourth-order valence-electron chi connectivity index (χ4n) is 3.45. The first-order valence-electron chi connectivity index (χ1n) is 9.47. The molecule has 1 saturated heterocycles. The number of benzene rings is 1. The van der Waals surface area contributed by atoms with Crippen LogP contribution in [0.3, 0.4) is 0 Å². The van der Waals surface area contributed by atoms with Gasteiger partial charge in [-0.15, -0.1) is 11.3 Å². The molecule has 1 fully saturated rings. The lowest BCUT2D eigenvalue weighted by atomic mass is 10.1. The van der Waals surface area contributed by atoms with Crippen molar-refractivity contribution < 1.29 is 0 Å². The summed E-state index contributed by atoms with van der Waals surface area (Å²) in [4.78, 5) is 14.1. The fourth-order valence-corrected chi connectivity index (χ4v) is 4.22. The van der Waals surface area contributed by atoms with E-state index in [4.69, 9.17) is 9.98 Å². The summed E-state index contributed by atoms with van der Waals surface area (Å²) in [5.41, 5.74) is 4.01. The Morgan fingerprint density at radius 3 is 3.18 bits per heavy atom. The van der Waals surface area contributed by atoms with Crippen LogP contribution in [-0.2, 0) is 0 Å². The molecule has 1 unspecified atom stereocenters. The van der Waals surface area contributed by atoms with Gasteiger partial charge in [0.25, 0.3) is 5.95 Å². The zero-order valence-electron chi connectivity index (χ0n) is 15.6. The summed E-state index contributed by atoms with van der Waals surface area (Å²) >= 11 is 1.63. The highest BCUT2D eigenvalue weighted by Crippen LogP contribution is 2.31. The average molecular weight is 392 g/mol. The van der Waals surface area contributed by atoms with Crippen LogP contribution in [0.1, 0.15) is 19.8 Å². The summed E-state index contributed by atoms with van der Waals surface area (Å²) in [6.07, 6.45) is 3.94. The molecule has 0 saturated carbocycles. The molecule has 1 aliphatic heterocycles. The molecular formula is C20H21N7S. The van der Waals surface area contributed by atoms with Crippen molar-refractivity contribution >= 4 is 55.6 Å². The second kappa shape index (κ2) is 7.29. The van der Waals surface area contributed by atoms with Gasteiger partial charge < -0.3 is 10.6 Å². The number of nitrogens with one attached hydrogen (secondary N) is 3. The minimum atomic E-state index is 0.518. The van der Waals surface area contributed by atoms with E-state index in [-0.39, 0.29) is 0 Å². The molecule has 8 heteroatoms. The van der Waals surface area contributed by atoms with Crippen molar-refractivity contribution in [1.29, 1.82) is 0 Å². The van der Waals surface area contributed by atoms with Gasteiger partial charge in [0, 0.05) is 23.3 Å². The summed E-state index contributed by atoms with van der Waals surface area (Å²) in [5.74, 6) is 1.98. The molecule has 28 heavy (non-hydrogen) atoms. The highest BCUT2D eigenvalue weighted by atomic mass is 32.1. The summed E-state index contributed by atoms with van der Waals surface area (Å²) < 4.78 is 1.03. The van der Waals surface area contributed by atoms with Crippen LogP contribution in [0, 0.1) is 5.92 Å². The Labute approximate surface area is 166 Å². The molecule has 0 bridgehead atoms. The predicted octanol–water partition coefficient (Wildman–Crippen LogP) is 4.40. The van der Waals surface area contributed by atoms with E-state index in [2.05, 4.69) is 38.8 Å².